The van der Waals surface area contributed by atoms with Gasteiger partial charge in [0.15, 0.2) is 6.04 Å². The van der Waals surface area contributed by atoms with Crippen LogP contribution in [0.4, 0.5) is 13.2 Å². The molecule has 0 unspecified atom stereocenters. The number of hydrogen-bond donors (Lipinski definition) is 1. The highest BCUT2D eigenvalue weighted by molar-refractivity contribution is 5.83. The maximum absolute atomic E-state index is 13.4. The van der Waals surface area contributed by atoms with Crippen LogP contribution in [-0.2, 0) is 17.5 Å². The molecule has 0 aliphatic carbocycles. The molecule has 2 aromatic heterocycles. The van der Waals surface area contributed by atoms with Crippen LogP contribution in [0.3, 0.4) is 0 Å². The lowest BCUT2D eigenvalue weighted by Gasteiger charge is -2.17. The second kappa shape index (κ2) is 7.93. The summed E-state index contributed by atoms with van der Waals surface area (Å²) in [6.45, 7) is -0.133. The molecule has 4 aromatic rings. The summed E-state index contributed by atoms with van der Waals surface area (Å²) in [5.41, 5.74) is 1.23. The van der Waals surface area contributed by atoms with Crippen molar-refractivity contribution in [1.82, 2.24) is 35.1 Å². The van der Waals surface area contributed by atoms with E-state index in [9.17, 15) is 18.0 Å². The van der Waals surface area contributed by atoms with Crippen molar-refractivity contribution < 1.29 is 18.0 Å². The Morgan fingerprint density at radius 2 is 1.80 bits per heavy atom. The van der Waals surface area contributed by atoms with E-state index in [1.807, 2.05) is 0 Å². The number of rotatable bonds is 6. The molecule has 2 heterocycles. The van der Waals surface area contributed by atoms with Crippen molar-refractivity contribution in [1.29, 1.82) is 0 Å². The van der Waals surface area contributed by atoms with Gasteiger partial charge in [-0.15, -0.1) is 5.10 Å². The predicted octanol–water partition coefficient (Wildman–Crippen LogP) is 2.45. The summed E-state index contributed by atoms with van der Waals surface area (Å²) < 4.78 is 42.6. The number of hydrogen-bond acceptors (Lipinski definition) is 5. The number of tetrazole rings is 1. The van der Waals surface area contributed by atoms with E-state index in [-0.39, 0.29) is 18.6 Å². The van der Waals surface area contributed by atoms with Gasteiger partial charge in [-0.25, -0.2) is 9.67 Å². The quantitative estimate of drug-likeness (QED) is 0.523. The van der Waals surface area contributed by atoms with Crippen LogP contribution in [0.2, 0.25) is 0 Å². The number of para-hydroxylation sites is 2. The fourth-order valence-corrected chi connectivity index (χ4v) is 3.25. The molecule has 154 valence electrons. The Kier molecular flexibility index (Phi) is 5.17. The lowest BCUT2D eigenvalue weighted by molar-refractivity contribution is -0.146. The maximum atomic E-state index is 13.4. The number of halogens is 3. The van der Waals surface area contributed by atoms with E-state index < -0.39 is 23.9 Å². The summed E-state index contributed by atoms with van der Waals surface area (Å²) in [6, 6.07) is 14.3. The largest absolute Gasteiger partial charge is 0.449 e. The second-order valence-corrected chi connectivity index (χ2v) is 6.47. The third-order valence-corrected chi connectivity index (χ3v) is 4.54. The molecule has 0 fully saturated rings. The summed E-state index contributed by atoms with van der Waals surface area (Å²) in [4.78, 5) is 16.5. The van der Waals surface area contributed by atoms with Gasteiger partial charge in [-0.1, -0.05) is 42.5 Å². The van der Waals surface area contributed by atoms with Crippen molar-refractivity contribution in [2.45, 2.75) is 18.8 Å². The van der Waals surface area contributed by atoms with Crippen LogP contribution in [0.5, 0.6) is 0 Å². The van der Waals surface area contributed by atoms with Crippen molar-refractivity contribution in [2.75, 3.05) is 6.54 Å². The molecule has 0 aliphatic rings. The van der Waals surface area contributed by atoms with E-state index in [0.717, 1.165) is 4.57 Å². The smallest absolute Gasteiger partial charge is 0.352 e. The van der Waals surface area contributed by atoms with Crippen LogP contribution in [0.1, 0.15) is 17.4 Å². The Balaban J connectivity index is 1.55. The highest BCUT2D eigenvalue weighted by atomic mass is 19.4. The summed E-state index contributed by atoms with van der Waals surface area (Å²) in [6.07, 6.45) is -3.30. The van der Waals surface area contributed by atoms with E-state index >= 15 is 0 Å². The molecule has 0 spiro atoms. The van der Waals surface area contributed by atoms with Gasteiger partial charge in [0.1, 0.15) is 6.33 Å². The fourth-order valence-electron chi connectivity index (χ4n) is 3.25. The van der Waals surface area contributed by atoms with Gasteiger partial charge in [-0.3, -0.25) is 4.79 Å². The van der Waals surface area contributed by atoms with Crippen molar-refractivity contribution in [3.05, 3.63) is 72.3 Å². The summed E-state index contributed by atoms with van der Waals surface area (Å²) in [5.74, 6) is -1.44. The van der Waals surface area contributed by atoms with Gasteiger partial charge < -0.3 is 9.88 Å². The molecule has 0 saturated carbocycles. The van der Waals surface area contributed by atoms with Crippen molar-refractivity contribution >= 4 is 16.9 Å². The molecule has 0 bridgehead atoms. The first-order chi connectivity index (χ1) is 14.4. The van der Waals surface area contributed by atoms with Crippen LogP contribution < -0.4 is 5.32 Å². The van der Waals surface area contributed by atoms with Crippen molar-refractivity contribution in [3.8, 4) is 0 Å². The molecule has 1 amide bonds. The molecule has 11 heteroatoms. The molecule has 30 heavy (non-hydrogen) atoms. The van der Waals surface area contributed by atoms with Crippen LogP contribution in [0.25, 0.3) is 11.0 Å². The molecule has 1 atom stereocenters. The lowest BCUT2D eigenvalue weighted by Crippen LogP contribution is -2.36. The SMILES string of the molecule is O=C(NCCn1c(C(F)(F)F)nc2ccccc21)[C@@H](c1ccccc1)n1cnnn1. The minimum absolute atomic E-state index is 0.0340. The first-order valence-corrected chi connectivity index (χ1v) is 9.03. The molecule has 8 nitrogen and oxygen atoms in total. The topological polar surface area (TPSA) is 90.5 Å². The molecule has 1 N–H and O–H groups in total. The maximum Gasteiger partial charge on any atom is 0.449 e. The predicted molar refractivity (Wildman–Crippen MR) is 100 cm³/mol. The number of nitrogens with zero attached hydrogens (tertiary/aromatic N) is 6. The zero-order valence-electron chi connectivity index (χ0n) is 15.5. The van der Waals surface area contributed by atoms with E-state index in [0.29, 0.717) is 11.1 Å². The first kappa shape index (κ1) is 19.6. The normalized spacial score (nSPS) is 12.8. The van der Waals surface area contributed by atoms with E-state index in [1.165, 1.54) is 17.1 Å². The van der Waals surface area contributed by atoms with Crippen LogP contribution >= 0.6 is 0 Å². The first-order valence-electron chi connectivity index (χ1n) is 9.03. The average molecular weight is 415 g/mol. The Bertz CT molecular complexity index is 1140. The van der Waals surface area contributed by atoms with Gasteiger partial charge in [0.2, 0.25) is 11.7 Å². The third kappa shape index (κ3) is 3.86. The van der Waals surface area contributed by atoms with E-state index in [1.54, 1.807) is 48.5 Å². The number of fused-ring (bicyclic) bond motifs is 1. The lowest BCUT2D eigenvalue weighted by atomic mass is 10.1. The van der Waals surface area contributed by atoms with E-state index in [4.69, 9.17) is 0 Å². The zero-order chi connectivity index (χ0) is 21.1. The third-order valence-electron chi connectivity index (χ3n) is 4.54. The number of amides is 1. The van der Waals surface area contributed by atoms with Crippen LogP contribution in [-0.4, -0.2) is 42.2 Å². The summed E-state index contributed by atoms with van der Waals surface area (Å²) in [5, 5.41) is 13.6. The van der Waals surface area contributed by atoms with E-state index in [2.05, 4.69) is 25.8 Å². The van der Waals surface area contributed by atoms with Gasteiger partial charge in [0, 0.05) is 13.1 Å². The Labute approximate surface area is 168 Å². The number of nitrogens with one attached hydrogen (secondary N) is 1. The van der Waals surface area contributed by atoms with Gasteiger partial charge in [-0.2, -0.15) is 13.2 Å². The molecule has 4 rings (SSSR count). The van der Waals surface area contributed by atoms with Gasteiger partial charge in [0.05, 0.1) is 11.0 Å². The molecule has 0 saturated heterocycles. The molecular formula is C19H16F3N7O. The highest BCUT2D eigenvalue weighted by Gasteiger charge is 2.37. The zero-order valence-corrected chi connectivity index (χ0v) is 15.5. The Morgan fingerprint density at radius 1 is 1.07 bits per heavy atom. The standard InChI is InChI=1S/C19H16F3N7O/c20-19(21,22)18-25-14-8-4-5-9-15(14)28(18)11-10-23-17(30)16(29-12-24-26-27-29)13-6-2-1-3-7-13/h1-9,12,16H,10-11H2,(H,23,30)/t16-/m1/s1. The minimum atomic E-state index is -4.61. The number of imidazole rings is 1. The molecule has 0 aliphatic heterocycles. The summed E-state index contributed by atoms with van der Waals surface area (Å²) >= 11 is 0. The highest BCUT2D eigenvalue weighted by Crippen LogP contribution is 2.31. The minimum Gasteiger partial charge on any atom is -0.352 e. The molecular weight excluding hydrogens is 399 g/mol. The monoisotopic (exact) mass is 415 g/mol. The number of carbonyl (C=O) groups is 1. The number of carbonyl (C=O) groups excluding carboxylic acids is 1. The number of alkyl halides is 3. The van der Waals surface area contributed by atoms with Gasteiger partial charge in [-0.05, 0) is 28.1 Å². The Morgan fingerprint density at radius 3 is 2.50 bits per heavy atom. The average Bonchev–Trinajstić information content (AvgIpc) is 3.37. The van der Waals surface area contributed by atoms with Crippen molar-refractivity contribution in [3.63, 3.8) is 0 Å². The van der Waals surface area contributed by atoms with Gasteiger partial charge >= 0.3 is 6.18 Å². The molecule has 2 aromatic carbocycles. The number of aromatic nitrogens is 6. The summed E-state index contributed by atoms with van der Waals surface area (Å²) in [7, 11) is 0. The Hall–Kier alpha value is -3.76. The van der Waals surface area contributed by atoms with Crippen molar-refractivity contribution in [2.24, 2.45) is 0 Å². The van der Waals surface area contributed by atoms with Crippen LogP contribution in [0.15, 0.2) is 60.9 Å². The second-order valence-electron chi connectivity index (χ2n) is 6.47. The fraction of sp³-hybridized carbons (Fsp3) is 0.211. The molecule has 0 radical (unpaired) electrons. The number of benzene rings is 2. The van der Waals surface area contributed by atoms with Gasteiger partial charge in [0.25, 0.3) is 0 Å². The van der Waals surface area contributed by atoms with Crippen LogP contribution in [0, 0.1) is 0 Å².